The second kappa shape index (κ2) is 10.5. The number of carbonyl (C=O) groups excluding carboxylic acids is 2. The van der Waals surface area contributed by atoms with Crippen LogP contribution in [-0.2, 0) is 9.59 Å². The largest absolute Gasteiger partial charge is 0.548 e. The average Bonchev–Trinajstić information content (AvgIpc) is 2.79. The molecule has 2 aromatic carbocycles. The minimum atomic E-state index is -1.33. The summed E-state index contributed by atoms with van der Waals surface area (Å²) in [6.07, 6.45) is 1.75. The summed E-state index contributed by atoms with van der Waals surface area (Å²) in [5, 5.41) is 14.3. The third-order valence-electron chi connectivity index (χ3n) is 4.95. The molecule has 8 heteroatoms. The van der Waals surface area contributed by atoms with Crippen LogP contribution in [0.3, 0.4) is 0 Å². The maximum atomic E-state index is 12.1. The van der Waals surface area contributed by atoms with Crippen LogP contribution in [0.15, 0.2) is 57.7 Å². The van der Waals surface area contributed by atoms with Gasteiger partial charge in [-0.3, -0.25) is 4.79 Å². The van der Waals surface area contributed by atoms with Gasteiger partial charge < -0.3 is 29.1 Å². The van der Waals surface area contributed by atoms with Crippen LogP contribution >= 0.6 is 0 Å². The molecule has 32 heavy (non-hydrogen) atoms. The first-order valence-corrected chi connectivity index (χ1v) is 10.3. The van der Waals surface area contributed by atoms with Crippen molar-refractivity contribution in [3.05, 3.63) is 59.0 Å². The number of carboxylic acids is 1. The van der Waals surface area contributed by atoms with Crippen molar-refractivity contribution in [3.8, 4) is 22.6 Å². The molecular weight excluding hydrogens is 414 g/mol. The molecule has 1 heterocycles. The zero-order valence-electron chi connectivity index (χ0n) is 17.9. The van der Waals surface area contributed by atoms with Crippen LogP contribution in [0.5, 0.6) is 11.5 Å². The molecule has 1 atom stereocenters. The van der Waals surface area contributed by atoms with Gasteiger partial charge in [0.25, 0.3) is 5.91 Å². The second-order valence-electron chi connectivity index (χ2n) is 7.24. The van der Waals surface area contributed by atoms with Gasteiger partial charge >= 0.3 is 5.63 Å². The second-order valence-corrected chi connectivity index (χ2v) is 7.24. The third kappa shape index (κ3) is 5.66. The van der Waals surface area contributed by atoms with E-state index >= 15 is 0 Å². The van der Waals surface area contributed by atoms with E-state index in [1.165, 1.54) is 12.1 Å². The van der Waals surface area contributed by atoms with Gasteiger partial charge in [0.05, 0.1) is 19.1 Å². The molecule has 3 aromatic rings. The summed E-state index contributed by atoms with van der Waals surface area (Å²) in [6.45, 7) is 1.54. The Kier molecular flexibility index (Phi) is 7.49. The van der Waals surface area contributed by atoms with Crippen LogP contribution in [0.2, 0.25) is 0 Å². The van der Waals surface area contributed by atoms with E-state index in [1.807, 2.05) is 19.1 Å². The van der Waals surface area contributed by atoms with Gasteiger partial charge in [-0.25, -0.2) is 4.79 Å². The van der Waals surface area contributed by atoms with E-state index in [0.29, 0.717) is 40.9 Å². The normalized spacial score (nSPS) is 11.7. The van der Waals surface area contributed by atoms with Crippen molar-refractivity contribution in [2.24, 2.45) is 0 Å². The predicted molar refractivity (Wildman–Crippen MR) is 116 cm³/mol. The highest BCUT2D eigenvalue weighted by Gasteiger charge is 2.14. The van der Waals surface area contributed by atoms with Gasteiger partial charge in [0.2, 0.25) is 0 Å². The number of fused-ring (bicyclic) bond motifs is 1. The highest BCUT2D eigenvalue weighted by atomic mass is 16.5. The van der Waals surface area contributed by atoms with Crippen LogP contribution in [0.1, 0.15) is 26.2 Å². The maximum absolute atomic E-state index is 12.1. The van der Waals surface area contributed by atoms with Gasteiger partial charge in [0.15, 0.2) is 6.61 Å². The Morgan fingerprint density at radius 3 is 2.47 bits per heavy atom. The van der Waals surface area contributed by atoms with E-state index in [4.69, 9.17) is 13.9 Å². The van der Waals surface area contributed by atoms with E-state index in [0.717, 1.165) is 12.0 Å². The lowest BCUT2D eigenvalue weighted by atomic mass is 10.0. The standard InChI is InChI=1S/C24H25NO7/c1-3-4-5-20(24(28)29)25-22(26)14-31-17-10-11-18-19(13-23(27)32-21(18)12-17)15-6-8-16(30-2)9-7-15/h6-13,20H,3-5,14H2,1-2H3,(H,25,26)(H,28,29)/p-1/t20-/m1/s1. The van der Waals surface area contributed by atoms with Gasteiger partial charge in [-0.15, -0.1) is 0 Å². The molecule has 3 rings (SSSR count). The number of hydrogen-bond acceptors (Lipinski definition) is 7. The van der Waals surface area contributed by atoms with Crippen molar-refractivity contribution in [3.63, 3.8) is 0 Å². The first kappa shape index (κ1) is 22.9. The Hall–Kier alpha value is -3.81. The molecule has 0 radical (unpaired) electrons. The Labute approximate surface area is 184 Å². The number of ether oxygens (including phenoxy) is 2. The molecule has 0 fully saturated rings. The quantitative estimate of drug-likeness (QED) is 0.483. The molecule has 0 bridgehead atoms. The minimum Gasteiger partial charge on any atom is -0.548 e. The number of carbonyl (C=O) groups is 2. The van der Waals surface area contributed by atoms with Crippen LogP contribution in [0.4, 0.5) is 0 Å². The molecule has 1 N–H and O–H groups in total. The molecule has 0 aliphatic heterocycles. The first-order valence-electron chi connectivity index (χ1n) is 10.3. The molecule has 0 saturated carbocycles. The molecule has 0 spiro atoms. The van der Waals surface area contributed by atoms with E-state index in [1.54, 1.807) is 31.4 Å². The summed E-state index contributed by atoms with van der Waals surface area (Å²) in [7, 11) is 1.58. The number of rotatable bonds is 10. The highest BCUT2D eigenvalue weighted by molar-refractivity contribution is 5.94. The van der Waals surface area contributed by atoms with Gasteiger partial charge in [-0.2, -0.15) is 0 Å². The Balaban J connectivity index is 1.76. The molecule has 1 aromatic heterocycles. The molecule has 0 aliphatic rings. The lowest BCUT2D eigenvalue weighted by molar-refractivity contribution is -0.308. The van der Waals surface area contributed by atoms with Crippen molar-refractivity contribution in [1.29, 1.82) is 0 Å². The van der Waals surface area contributed by atoms with Crippen LogP contribution in [-0.4, -0.2) is 31.6 Å². The summed E-state index contributed by atoms with van der Waals surface area (Å²) < 4.78 is 16.0. The fourth-order valence-corrected chi connectivity index (χ4v) is 3.28. The number of carboxylic acid groups (broad SMARTS) is 1. The molecule has 0 saturated heterocycles. The van der Waals surface area contributed by atoms with Gasteiger partial charge in [-0.1, -0.05) is 31.9 Å². The summed E-state index contributed by atoms with van der Waals surface area (Å²) >= 11 is 0. The zero-order valence-corrected chi connectivity index (χ0v) is 17.9. The van der Waals surface area contributed by atoms with Crippen molar-refractivity contribution in [2.45, 2.75) is 32.2 Å². The van der Waals surface area contributed by atoms with Crippen molar-refractivity contribution in [1.82, 2.24) is 5.32 Å². The summed E-state index contributed by atoms with van der Waals surface area (Å²) in [4.78, 5) is 35.3. The smallest absolute Gasteiger partial charge is 0.336 e. The molecular formula is C24H24NO7-. The van der Waals surface area contributed by atoms with Gasteiger partial charge in [0.1, 0.15) is 17.1 Å². The van der Waals surface area contributed by atoms with E-state index in [9.17, 15) is 19.5 Å². The Morgan fingerprint density at radius 2 is 1.81 bits per heavy atom. The SMILES string of the molecule is CCCC[C@@H](NC(=O)COc1ccc2c(-c3ccc(OC)cc3)cc(=O)oc2c1)C(=O)[O-]. The van der Waals surface area contributed by atoms with Crippen LogP contribution < -0.4 is 25.5 Å². The van der Waals surface area contributed by atoms with E-state index < -0.39 is 23.5 Å². The van der Waals surface area contributed by atoms with E-state index in [-0.39, 0.29) is 6.61 Å². The number of aliphatic carboxylic acids is 1. The Morgan fingerprint density at radius 1 is 1.09 bits per heavy atom. The lowest BCUT2D eigenvalue weighted by Gasteiger charge is -2.19. The summed E-state index contributed by atoms with van der Waals surface area (Å²) in [5.74, 6) is -0.902. The number of unbranched alkanes of at least 4 members (excludes halogenated alkanes) is 1. The molecule has 0 unspecified atom stereocenters. The predicted octanol–water partition coefficient (Wildman–Crippen LogP) is 2.27. The Bertz CT molecular complexity index is 1150. The number of hydrogen-bond donors (Lipinski definition) is 1. The average molecular weight is 438 g/mol. The fraction of sp³-hybridized carbons (Fsp3) is 0.292. The lowest BCUT2D eigenvalue weighted by Crippen LogP contribution is -2.49. The molecule has 8 nitrogen and oxygen atoms in total. The summed E-state index contributed by atoms with van der Waals surface area (Å²) in [6, 6.07) is 12.5. The first-order chi connectivity index (χ1) is 15.4. The molecule has 168 valence electrons. The number of nitrogens with one attached hydrogen (secondary N) is 1. The minimum absolute atomic E-state index is 0.292. The third-order valence-corrected chi connectivity index (χ3v) is 4.95. The van der Waals surface area contributed by atoms with E-state index in [2.05, 4.69) is 5.32 Å². The van der Waals surface area contributed by atoms with Crippen LogP contribution in [0, 0.1) is 0 Å². The van der Waals surface area contributed by atoms with Crippen LogP contribution in [0.25, 0.3) is 22.1 Å². The maximum Gasteiger partial charge on any atom is 0.336 e. The van der Waals surface area contributed by atoms with Crippen molar-refractivity contribution >= 4 is 22.8 Å². The number of benzene rings is 2. The zero-order chi connectivity index (χ0) is 23.1. The highest BCUT2D eigenvalue weighted by Crippen LogP contribution is 2.30. The van der Waals surface area contributed by atoms with Gasteiger partial charge in [-0.05, 0) is 41.8 Å². The topological polar surface area (TPSA) is 118 Å². The molecule has 1 amide bonds. The van der Waals surface area contributed by atoms with Crippen molar-refractivity contribution < 1.29 is 28.6 Å². The monoisotopic (exact) mass is 438 g/mol. The fourth-order valence-electron chi connectivity index (χ4n) is 3.28. The number of methoxy groups -OCH3 is 1. The molecule has 0 aliphatic carbocycles. The number of amides is 1. The van der Waals surface area contributed by atoms with Crippen molar-refractivity contribution in [2.75, 3.05) is 13.7 Å². The van der Waals surface area contributed by atoms with Gasteiger partial charge in [0, 0.05) is 17.5 Å². The summed E-state index contributed by atoms with van der Waals surface area (Å²) in [5.41, 5.74) is 1.29.